The van der Waals surface area contributed by atoms with Crippen molar-refractivity contribution in [3.8, 4) is 0 Å². The van der Waals surface area contributed by atoms with E-state index in [0.29, 0.717) is 0 Å². The van der Waals surface area contributed by atoms with E-state index in [2.05, 4.69) is 21.1 Å². The molecule has 1 rings (SSSR count). The highest BCUT2D eigenvalue weighted by Crippen LogP contribution is 1.55. The molecule has 0 unspecified atom stereocenters. The molecule has 0 amide bonds. The molecule has 1 aromatic heterocycles. The van der Waals surface area contributed by atoms with Gasteiger partial charge < -0.3 is 5.73 Å². The Labute approximate surface area is 41.7 Å². The van der Waals surface area contributed by atoms with Crippen molar-refractivity contribution >= 4 is 0 Å². The predicted octanol–water partition coefficient (Wildman–Crippen LogP) is -0.620. The van der Waals surface area contributed by atoms with Crippen LogP contribution in [0.15, 0.2) is 12.4 Å². The smallest absolute Gasteiger partial charge is 0.0690 e. The maximum atomic E-state index is 4.50. The van der Waals surface area contributed by atoms with E-state index in [0.717, 1.165) is 0 Å². The zero-order valence-corrected chi connectivity index (χ0v) is 4.13. The van der Waals surface area contributed by atoms with Crippen LogP contribution in [0.25, 0.3) is 0 Å². The van der Waals surface area contributed by atoms with Crippen LogP contribution in [0.5, 0.6) is 0 Å². The van der Waals surface area contributed by atoms with Gasteiger partial charge in [0.2, 0.25) is 0 Å². The first-order valence-electron chi connectivity index (χ1n) is 1.87. The maximum absolute atomic E-state index is 4.50. The molecule has 0 aromatic carbocycles. The molecular weight excluding hydrogens is 92.1 g/mol. The fourth-order valence-corrected chi connectivity index (χ4v) is 0.167. The molecule has 0 saturated carbocycles. The van der Waals surface area contributed by atoms with Crippen molar-refractivity contribution in [3.63, 3.8) is 0 Å². The highest BCUT2D eigenvalue weighted by Gasteiger charge is 1.57. The molecule has 4 heteroatoms. The van der Waals surface area contributed by atoms with Crippen LogP contribution in [0.1, 0.15) is 0 Å². The van der Waals surface area contributed by atoms with E-state index >= 15 is 0 Å². The lowest BCUT2D eigenvalue weighted by atomic mass is 11.0. The van der Waals surface area contributed by atoms with Crippen LogP contribution in [0.2, 0.25) is 0 Å². The number of nitrogens with two attached hydrogens (primary N) is 1. The van der Waals surface area contributed by atoms with Crippen molar-refractivity contribution in [1.29, 1.82) is 0 Å². The number of aromatic amines is 1. The number of hydrogen-bond acceptors (Lipinski definition) is 3. The number of hydrogen-bond donors (Lipinski definition) is 2. The number of nitrogens with one attached hydrogen (secondary N) is 1. The van der Waals surface area contributed by atoms with E-state index in [-0.39, 0.29) is 0 Å². The second-order valence-electron chi connectivity index (χ2n) is 0.656. The summed E-state index contributed by atoms with van der Waals surface area (Å²) >= 11 is 0. The number of rotatable bonds is 0. The second-order valence-corrected chi connectivity index (χ2v) is 0.656. The molecule has 0 bridgehead atoms. The largest absolute Gasteiger partial charge is 0.333 e. The molecule has 0 aliphatic rings. The molecule has 0 fully saturated rings. The van der Waals surface area contributed by atoms with Gasteiger partial charge in [-0.05, 0) is 7.05 Å². The number of H-pyrrole nitrogens is 1. The molecule has 0 atom stereocenters. The molecule has 0 aliphatic carbocycles. The first-order chi connectivity index (χ1) is 3.50. The van der Waals surface area contributed by atoms with E-state index in [1.165, 1.54) is 7.05 Å². The van der Waals surface area contributed by atoms with Crippen LogP contribution >= 0.6 is 0 Å². The molecule has 3 N–H and O–H groups in total. The highest BCUT2D eigenvalue weighted by atomic mass is 15.3. The zero-order valence-electron chi connectivity index (χ0n) is 4.13. The minimum Gasteiger partial charge on any atom is -0.333 e. The summed E-state index contributed by atoms with van der Waals surface area (Å²) in [5.41, 5.74) is 4.50. The molecular formula is C3H8N4. The molecule has 1 aromatic rings. The summed E-state index contributed by atoms with van der Waals surface area (Å²) in [5.74, 6) is 0. The van der Waals surface area contributed by atoms with Gasteiger partial charge in [-0.2, -0.15) is 15.4 Å². The van der Waals surface area contributed by atoms with Gasteiger partial charge in [0.1, 0.15) is 0 Å². The van der Waals surface area contributed by atoms with Crippen LogP contribution < -0.4 is 5.73 Å². The third-order valence-electron chi connectivity index (χ3n) is 0.331. The Morgan fingerprint density at radius 2 is 1.71 bits per heavy atom. The summed E-state index contributed by atoms with van der Waals surface area (Å²) in [6, 6.07) is 0. The van der Waals surface area contributed by atoms with E-state index in [1.807, 2.05) is 0 Å². The van der Waals surface area contributed by atoms with Crippen LogP contribution in [0.4, 0.5) is 0 Å². The van der Waals surface area contributed by atoms with Crippen molar-refractivity contribution in [3.05, 3.63) is 12.4 Å². The Kier molecular flexibility index (Phi) is 4.44. The summed E-state index contributed by atoms with van der Waals surface area (Å²) in [5, 5.41) is 9.33. The Morgan fingerprint density at radius 3 is 1.86 bits per heavy atom. The summed E-state index contributed by atoms with van der Waals surface area (Å²) < 4.78 is 0. The van der Waals surface area contributed by atoms with Gasteiger partial charge in [-0.1, -0.05) is 0 Å². The van der Waals surface area contributed by atoms with Crippen molar-refractivity contribution < 1.29 is 0 Å². The fraction of sp³-hybridized carbons (Fsp3) is 0.333. The van der Waals surface area contributed by atoms with Crippen LogP contribution in [0.3, 0.4) is 0 Å². The summed E-state index contributed by atoms with van der Waals surface area (Å²) in [7, 11) is 1.50. The van der Waals surface area contributed by atoms with Crippen LogP contribution in [0, 0.1) is 0 Å². The average molecular weight is 100 g/mol. The average Bonchev–Trinajstić information content (AvgIpc) is 2.23. The Bertz CT molecular complexity index is 63.4. The van der Waals surface area contributed by atoms with Gasteiger partial charge in [0.05, 0.1) is 12.4 Å². The SMILES string of the molecule is CN.c1cn[nH]n1. The van der Waals surface area contributed by atoms with E-state index in [9.17, 15) is 0 Å². The molecule has 0 spiro atoms. The van der Waals surface area contributed by atoms with Gasteiger partial charge in [0.25, 0.3) is 0 Å². The normalized spacial score (nSPS) is 6.57. The Hall–Kier alpha value is -0.900. The van der Waals surface area contributed by atoms with Crippen molar-refractivity contribution in [2.24, 2.45) is 5.73 Å². The number of aromatic nitrogens is 3. The summed E-state index contributed by atoms with van der Waals surface area (Å²) in [4.78, 5) is 0. The standard InChI is InChI=1S/C2H3N3.CH5N/c1-2-4-5-3-1;1-2/h1-2H,(H,3,4,5);2H2,1H3. The zero-order chi connectivity index (χ0) is 5.54. The number of nitrogens with zero attached hydrogens (tertiary/aromatic N) is 2. The second kappa shape index (κ2) is 5.10. The molecule has 7 heavy (non-hydrogen) atoms. The third-order valence-corrected chi connectivity index (χ3v) is 0.331. The lowest BCUT2D eigenvalue weighted by Gasteiger charge is -1.48. The first kappa shape index (κ1) is 6.10. The molecule has 0 aliphatic heterocycles. The molecule has 0 radical (unpaired) electrons. The molecule has 4 nitrogen and oxygen atoms in total. The van der Waals surface area contributed by atoms with Crippen molar-refractivity contribution in [2.45, 2.75) is 0 Å². The maximum Gasteiger partial charge on any atom is 0.0690 e. The fourth-order valence-electron chi connectivity index (χ4n) is 0.167. The van der Waals surface area contributed by atoms with Crippen LogP contribution in [-0.4, -0.2) is 22.5 Å². The Morgan fingerprint density at radius 1 is 1.29 bits per heavy atom. The van der Waals surface area contributed by atoms with Crippen LogP contribution in [-0.2, 0) is 0 Å². The first-order valence-corrected chi connectivity index (χ1v) is 1.87. The monoisotopic (exact) mass is 100 g/mol. The van der Waals surface area contributed by atoms with Gasteiger partial charge in [-0.15, -0.1) is 0 Å². The van der Waals surface area contributed by atoms with Gasteiger partial charge >= 0.3 is 0 Å². The van der Waals surface area contributed by atoms with Crippen molar-refractivity contribution in [1.82, 2.24) is 15.4 Å². The van der Waals surface area contributed by atoms with E-state index in [4.69, 9.17) is 0 Å². The quantitative estimate of drug-likeness (QED) is 0.456. The topological polar surface area (TPSA) is 67.6 Å². The van der Waals surface area contributed by atoms with Crippen molar-refractivity contribution in [2.75, 3.05) is 7.05 Å². The summed E-state index contributed by atoms with van der Waals surface area (Å²) in [6.45, 7) is 0. The van der Waals surface area contributed by atoms with E-state index < -0.39 is 0 Å². The molecule has 0 saturated heterocycles. The van der Waals surface area contributed by atoms with Gasteiger partial charge in [0.15, 0.2) is 0 Å². The third kappa shape index (κ3) is 2.92. The minimum atomic E-state index is 1.50. The van der Waals surface area contributed by atoms with Gasteiger partial charge in [-0.3, -0.25) is 0 Å². The lowest BCUT2D eigenvalue weighted by Crippen LogP contribution is -1.69. The van der Waals surface area contributed by atoms with Gasteiger partial charge in [0, 0.05) is 0 Å². The van der Waals surface area contributed by atoms with Gasteiger partial charge in [-0.25, -0.2) is 0 Å². The lowest BCUT2D eigenvalue weighted by molar-refractivity contribution is 0.940. The highest BCUT2D eigenvalue weighted by molar-refractivity contribution is 4.54. The molecule has 40 valence electrons. The molecule has 1 heterocycles. The van der Waals surface area contributed by atoms with E-state index in [1.54, 1.807) is 12.4 Å². The Balaban J connectivity index is 0.000000162. The predicted molar refractivity (Wildman–Crippen MR) is 26.5 cm³/mol. The summed E-state index contributed by atoms with van der Waals surface area (Å²) in [6.07, 6.45) is 3.17. The minimum absolute atomic E-state index is 1.50.